The smallest absolute Gasteiger partial charge is 0.244 e. The monoisotopic (exact) mass is 284 g/mol. The van der Waals surface area contributed by atoms with Gasteiger partial charge in [-0.3, -0.25) is 9.78 Å². The van der Waals surface area contributed by atoms with Crippen LogP contribution in [-0.4, -0.2) is 34.9 Å². The molecule has 0 radical (unpaired) electrons. The number of nitrogens with one attached hydrogen (secondary N) is 1. The van der Waals surface area contributed by atoms with Crippen LogP contribution >= 0.6 is 0 Å². The Balaban J connectivity index is 1.84. The SMILES string of the molecule is CC(Nc1ccnc2c(N)cccc12)C(=O)N1CCCC1. The number of fused-ring (bicyclic) bond motifs is 1. The molecule has 0 spiro atoms. The Morgan fingerprint density at radius 2 is 2.10 bits per heavy atom. The molecule has 1 aromatic carbocycles. The molecule has 0 saturated carbocycles. The van der Waals surface area contributed by atoms with Crippen molar-refractivity contribution in [3.63, 3.8) is 0 Å². The summed E-state index contributed by atoms with van der Waals surface area (Å²) < 4.78 is 0. The van der Waals surface area contributed by atoms with Gasteiger partial charge in [0.15, 0.2) is 0 Å². The van der Waals surface area contributed by atoms with Crippen LogP contribution in [0.4, 0.5) is 11.4 Å². The standard InChI is InChI=1S/C16H20N4O/c1-11(16(21)20-9-2-3-10-20)19-14-7-8-18-15-12(14)5-4-6-13(15)17/h4-8,11H,2-3,9-10,17H2,1H3,(H,18,19). The minimum Gasteiger partial charge on any atom is -0.397 e. The van der Waals surface area contributed by atoms with Gasteiger partial charge in [0.2, 0.25) is 5.91 Å². The molecule has 3 N–H and O–H groups in total. The fraction of sp³-hybridized carbons (Fsp3) is 0.375. The van der Waals surface area contributed by atoms with E-state index in [4.69, 9.17) is 5.73 Å². The summed E-state index contributed by atoms with van der Waals surface area (Å²) in [5.74, 6) is 0.154. The first kappa shape index (κ1) is 13.7. The van der Waals surface area contributed by atoms with Crippen molar-refractivity contribution in [1.29, 1.82) is 0 Å². The van der Waals surface area contributed by atoms with Crippen molar-refractivity contribution in [2.24, 2.45) is 0 Å². The largest absolute Gasteiger partial charge is 0.397 e. The number of benzene rings is 1. The molecule has 1 atom stereocenters. The van der Waals surface area contributed by atoms with E-state index in [2.05, 4.69) is 10.3 Å². The molecule has 21 heavy (non-hydrogen) atoms. The molecule has 110 valence electrons. The van der Waals surface area contributed by atoms with E-state index in [1.54, 1.807) is 6.20 Å². The molecule has 5 nitrogen and oxygen atoms in total. The highest BCUT2D eigenvalue weighted by Gasteiger charge is 2.23. The van der Waals surface area contributed by atoms with E-state index in [1.165, 1.54) is 0 Å². The Morgan fingerprint density at radius 1 is 1.33 bits per heavy atom. The summed E-state index contributed by atoms with van der Waals surface area (Å²) in [6.07, 6.45) is 3.93. The van der Waals surface area contributed by atoms with Crippen molar-refractivity contribution in [3.05, 3.63) is 30.5 Å². The van der Waals surface area contributed by atoms with Gasteiger partial charge in [-0.25, -0.2) is 0 Å². The molecule has 3 rings (SSSR count). The summed E-state index contributed by atoms with van der Waals surface area (Å²) >= 11 is 0. The molecule has 0 aliphatic carbocycles. The van der Waals surface area contributed by atoms with Gasteiger partial charge in [-0.15, -0.1) is 0 Å². The van der Waals surface area contributed by atoms with Crippen molar-refractivity contribution < 1.29 is 4.79 Å². The van der Waals surface area contributed by atoms with Gasteiger partial charge in [0.05, 0.1) is 11.2 Å². The molecule has 0 bridgehead atoms. The first-order valence-electron chi connectivity index (χ1n) is 7.35. The normalized spacial score (nSPS) is 16.1. The van der Waals surface area contributed by atoms with E-state index in [1.807, 2.05) is 36.1 Å². The summed E-state index contributed by atoms with van der Waals surface area (Å²) in [5.41, 5.74) is 8.26. The van der Waals surface area contributed by atoms with Crippen molar-refractivity contribution in [2.45, 2.75) is 25.8 Å². The van der Waals surface area contributed by atoms with Crippen LogP contribution in [0.15, 0.2) is 30.5 Å². The molecule has 1 aromatic heterocycles. The van der Waals surface area contributed by atoms with Crippen LogP contribution in [0.2, 0.25) is 0 Å². The lowest BCUT2D eigenvalue weighted by Crippen LogP contribution is -2.39. The van der Waals surface area contributed by atoms with Crippen molar-refractivity contribution in [3.8, 4) is 0 Å². The lowest BCUT2D eigenvalue weighted by Gasteiger charge is -2.22. The molecule has 2 aromatic rings. The van der Waals surface area contributed by atoms with E-state index >= 15 is 0 Å². The number of anilines is 2. The van der Waals surface area contributed by atoms with E-state index in [0.717, 1.165) is 42.5 Å². The zero-order valence-electron chi connectivity index (χ0n) is 12.2. The second-order valence-electron chi connectivity index (χ2n) is 5.50. The van der Waals surface area contributed by atoms with E-state index < -0.39 is 0 Å². The van der Waals surface area contributed by atoms with Crippen LogP contribution in [-0.2, 0) is 4.79 Å². The Bertz CT molecular complexity index is 664. The molecular formula is C16H20N4O. The maximum atomic E-state index is 12.4. The summed E-state index contributed by atoms with van der Waals surface area (Å²) in [6, 6.07) is 7.33. The minimum atomic E-state index is -0.255. The number of amides is 1. The van der Waals surface area contributed by atoms with E-state index in [9.17, 15) is 4.79 Å². The Kier molecular flexibility index (Phi) is 3.64. The molecule has 1 unspecified atom stereocenters. The van der Waals surface area contributed by atoms with Gasteiger partial charge in [0, 0.05) is 30.4 Å². The van der Waals surface area contributed by atoms with Gasteiger partial charge < -0.3 is 16.0 Å². The number of hydrogen-bond acceptors (Lipinski definition) is 4. The lowest BCUT2D eigenvalue weighted by molar-refractivity contribution is -0.130. The Hall–Kier alpha value is -2.30. The molecule has 5 heteroatoms. The number of nitrogen functional groups attached to an aromatic ring is 1. The number of likely N-dealkylation sites (tertiary alicyclic amines) is 1. The molecule has 1 saturated heterocycles. The molecule has 1 aliphatic rings. The number of para-hydroxylation sites is 1. The van der Waals surface area contributed by atoms with E-state index in [-0.39, 0.29) is 11.9 Å². The number of carbonyl (C=O) groups excluding carboxylic acids is 1. The van der Waals surface area contributed by atoms with Crippen molar-refractivity contribution in [1.82, 2.24) is 9.88 Å². The van der Waals surface area contributed by atoms with Crippen LogP contribution < -0.4 is 11.1 Å². The highest BCUT2D eigenvalue weighted by Crippen LogP contribution is 2.26. The van der Waals surface area contributed by atoms with Crippen LogP contribution in [0.25, 0.3) is 10.9 Å². The van der Waals surface area contributed by atoms with Crippen molar-refractivity contribution in [2.75, 3.05) is 24.1 Å². The third kappa shape index (κ3) is 2.63. The maximum Gasteiger partial charge on any atom is 0.244 e. The van der Waals surface area contributed by atoms with Crippen molar-refractivity contribution >= 4 is 28.2 Å². The third-order valence-electron chi connectivity index (χ3n) is 3.96. The molecule has 1 amide bonds. The molecule has 1 fully saturated rings. The van der Waals surface area contributed by atoms with Crippen LogP contribution in [0.5, 0.6) is 0 Å². The highest BCUT2D eigenvalue weighted by molar-refractivity contribution is 5.98. The maximum absolute atomic E-state index is 12.4. The molecule has 2 heterocycles. The van der Waals surface area contributed by atoms with Crippen LogP contribution in [0.3, 0.4) is 0 Å². The number of pyridine rings is 1. The first-order chi connectivity index (χ1) is 10.2. The average molecular weight is 284 g/mol. The number of nitrogens with zero attached hydrogens (tertiary/aromatic N) is 2. The zero-order chi connectivity index (χ0) is 14.8. The molecular weight excluding hydrogens is 264 g/mol. The predicted molar refractivity (Wildman–Crippen MR) is 85.1 cm³/mol. The van der Waals surface area contributed by atoms with Crippen LogP contribution in [0.1, 0.15) is 19.8 Å². The predicted octanol–water partition coefficient (Wildman–Crippen LogP) is 2.24. The topological polar surface area (TPSA) is 71.2 Å². The second kappa shape index (κ2) is 5.60. The summed E-state index contributed by atoms with van der Waals surface area (Å²) in [6.45, 7) is 3.64. The average Bonchev–Trinajstić information content (AvgIpc) is 3.02. The minimum absolute atomic E-state index is 0.154. The van der Waals surface area contributed by atoms with Gasteiger partial charge in [-0.05, 0) is 31.9 Å². The van der Waals surface area contributed by atoms with Gasteiger partial charge in [-0.1, -0.05) is 12.1 Å². The summed E-state index contributed by atoms with van der Waals surface area (Å²) in [7, 11) is 0. The van der Waals surface area contributed by atoms with Gasteiger partial charge >= 0.3 is 0 Å². The fourth-order valence-electron chi connectivity index (χ4n) is 2.83. The number of hydrogen-bond donors (Lipinski definition) is 2. The fourth-order valence-corrected chi connectivity index (χ4v) is 2.83. The third-order valence-corrected chi connectivity index (χ3v) is 3.96. The number of carbonyl (C=O) groups is 1. The number of nitrogens with two attached hydrogens (primary N) is 1. The Labute approximate surface area is 124 Å². The Morgan fingerprint density at radius 3 is 2.86 bits per heavy atom. The van der Waals surface area contributed by atoms with Crippen LogP contribution in [0, 0.1) is 0 Å². The summed E-state index contributed by atoms with van der Waals surface area (Å²) in [4.78, 5) is 18.6. The van der Waals surface area contributed by atoms with Gasteiger partial charge in [0.1, 0.15) is 6.04 Å². The number of rotatable bonds is 3. The quantitative estimate of drug-likeness (QED) is 0.848. The van der Waals surface area contributed by atoms with Gasteiger partial charge in [-0.2, -0.15) is 0 Å². The lowest BCUT2D eigenvalue weighted by atomic mass is 10.1. The second-order valence-corrected chi connectivity index (χ2v) is 5.50. The highest BCUT2D eigenvalue weighted by atomic mass is 16.2. The first-order valence-corrected chi connectivity index (χ1v) is 7.35. The molecule has 1 aliphatic heterocycles. The summed E-state index contributed by atoms with van der Waals surface area (Å²) in [5, 5.41) is 4.25. The van der Waals surface area contributed by atoms with Gasteiger partial charge in [0.25, 0.3) is 0 Å². The number of aromatic nitrogens is 1. The zero-order valence-corrected chi connectivity index (χ0v) is 12.2. The van der Waals surface area contributed by atoms with E-state index in [0.29, 0.717) is 5.69 Å².